The maximum Gasteiger partial charge on any atom is 0.253 e. The van der Waals surface area contributed by atoms with Crippen LogP contribution in [0.15, 0.2) is 18.2 Å². The minimum atomic E-state index is -0.187. The van der Waals surface area contributed by atoms with E-state index in [-0.39, 0.29) is 29.8 Å². The molecule has 0 radical (unpaired) electrons. The molecule has 2 fully saturated rings. The van der Waals surface area contributed by atoms with Gasteiger partial charge in [-0.05, 0) is 50.3 Å². The van der Waals surface area contributed by atoms with Crippen LogP contribution >= 0.6 is 11.6 Å². The van der Waals surface area contributed by atoms with Crippen molar-refractivity contribution < 1.29 is 9.59 Å². The minimum Gasteiger partial charge on any atom is -0.349 e. The number of anilines is 1. The Kier molecular flexibility index (Phi) is 4.87. The van der Waals surface area contributed by atoms with Crippen molar-refractivity contribution in [2.75, 3.05) is 5.32 Å². The monoisotopic (exact) mass is 335 g/mol. The van der Waals surface area contributed by atoms with Crippen molar-refractivity contribution in [1.82, 2.24) is 5.32 Å². The van der Waals surface area contributed by atoms with E-state index in [1.165, 1.54) is 0 Å². The molecule has 2 unspecified atom stereocenters. The second kappa shape index (κ2) is 6.89. The summed E-state index contributed by atoms with van der Waals surface area (Å²) in [6.07, 6.45) is 5.57. The Morgan fingerprint density at radius 1 is 1.17 bits per heavy atom. The van der Waals surface area contributed by atoms with E-state index < -0.39 is 0 Å². The Hall–Kier alpha value is -1.59. The molecule has 2 aliphatic carbocycles. The molecule has 2 aliphatic rings. The maximum absolute atomic E-state index is 12.4. The van der Waals surface area contributed by atoms with Crippen molar-refractivity contribution in [2.24, 2.45) is 11.7 Å². The van der Waals surface area contributed by atoms with Crippen LogP contribution in [0.4, 0.5) is 5.69 Å². The highest BCUT2D eigenvalue weighted by molar-refractivity contribution is 6.34. The molecule has 0 heterocycles. The van der Waals surface area contributed by atoms with E-state index in [0.29, 0.717) is 22.7 Å². The van der Waals surface area contributed by atoms with Crippen LogP contribution in [-0.4, -0.2) is 23.9 Å². The van der Waals surface area contributed by atoms with Crippen molar-refractivity contribution in [2.45, 2.75) is 50.6 Å². The Morgan fingerprint density at radius 2 is 1.96 bits per heavy atom. The zero-order chi connectivity index (χ0) is 16.4. The van der Waals surface area contributed by atoms with E-state index in [1.807, 2.05) is 0 Å². The van der Waals surface area contributed by atoms with E-state index in [4.69, 9.17) is 17.3 Å². The Balaban J connectivity index is 1.67. The normalized spacial score (nSPS) is 24.1. The fourth-order valence-electron chi connectivity index (χ4n) is 2.98. The summed E-state index contributed by atoms with van der Waals surface area (Å²) in [5.74, 6) is -0.275. The zero-order valence-corrected chi connectivity index (χ0v) is 13.7. The number of nitrogens with one attached hydrogen (secondary N) is 2. The third-order valence-corrected chi connectivity index (χ3v) is 4.81. The molecule has 0 aliphatic heterocycles. The predicted molar refractivity (Wildman–Crippen MR) is 90.5 cm³/mol. The van der Waals surface area contributed by atoms with Crippen LogP contribution in [0.25, 0.3) is 0 Å². The molecule has 2 amide bonds. The van der Waals surface area contributed by atoms with Gasteiger partial charge >= 0.3 is 0 Å². The average molecular weight is 336 g/mol. The van der Waals surface area contributed by atoms with Gasteiger partial charge in [0.05, 0.1) is 10.6 Å². The van der Waals surface area contributed by atoms with E-state index in [0.717, 1.165) is 32.1 Å². The molecule has 2 atom stereocenters. The summed E-state index contributed by atoms with van der Waals surface area (Å²) in [5.41, 5.74) is 6.94. The highest BCUT2D eigenvalue weighted by Gasteiger charge is 2.27. The number of halogens is 1. The predicted octanol–water partition coefficient (Wildman–Crippen LogP) is 2.69. The second-order valence-corrected chi connectivity index (χ2v) is 6.96. The van der Waals surface area contributed by atoms with Gasteiger partial charge in [-0.15, -0.1) is 0 Å². The van der Waals surface area contributed by atoms with Gasteiger partial charge in [-0.1, -0.05) is 18.0 Å². The summed E-state index contributed by atoms with van der Waals surface area (Å²) < 4.78 is 0. The van der Waals surface area contributed by atoms with Crippen LogP contribution in [0.5, 0.6) is 0 Å². The van der Waals surface area contributed by atoms with Crippen molar-refractivity contribution in [3.8, 4) is 0 Å². The van der Waals surface area contributed by atoms with Crippen LogP contribution in [0.1, 0.15) is 48.9 Å². The van der Waals surface area contributed by atoms with E-state index in [2.05, 4.69) is 10.6 Å². The number of nitrogens with two attached hydrogens (primary N) is 1. The molecular formula is C17H22ClN3O2. The molecule has 23 heavy (non-hydrogen) atoms. The zero-order valence-electron chi connectivity index (χ0n) is 13.0. The quantitative estimate of drug-likeness (QED) is 0.791. The summed E-state index contributed by atoms with van der Waals surface area (Å²) in [6.45, 7) is 0. The van der Waals surface area contributed by atoms with Crippen LogP contribution in [0.2, 0.25) is 5.02 Å². The van der Waals surface area contributed by atoms with Gasteiger partial charge in [0.15, 0.2) is 0 Å². The molecule has 0 bridgehead atoms. The number of hydrogen-bond donors (Lipinski definition) is 3. The van der Waals surface area contributed by atoms with Gasteiger partial charge in [-0.3, -0.25) is 9.59 Å². The first-order chi connectivity index (χ1) is 11.0. The van der Waals surface area contributed by atoms with Crippen molar-refractivity contribution in [3.63, 3.8) is 0 Å². The first-order valence-electron chi connectivity index (χ1n) is 8.20. The van der Waals surface area contributed by atoms with Crippen LogP contribution in [0.3, 0.4) is 0 Å². The SMILES string of the molecule is NC1CCCC(C(=O)Nc2ccc(Cl)c(C(=O)NC3CC3)c2)C1. The Labute approximate surface area is 141 Å². The van der Waals surface area contributed by atoms with Crippen LogP contribution in [-0.2, 0) is 4.79 Å². The average Bonchev–Trinajstić information content (AvgIpc) is 3.33. The number of rotatable bonds is 4. The molecule has 124 valence electrons. The number of amides is 2. The van der Waals surface area contributed by atoms with Gasteiger partial charge < -0.3 is 16.4 Å². The fourth-order valence-corrected chi connectivity index (χ4v) is 3.18. The summed E-state index contributed by atoms with van der Waals surface area (Å²) in [5, 5.41) is 6.19. The number of carbonyl (C=O) groups is 2. The van der Waals surface area contributed by atoms with Crippen LogP contribution in [0, 0.1) is 5.92 Å². The summed E-state index contributed by atoms with van der Waals surface area (Å²) in [4.78, 5) is 24.5. The van der Waals surface area contributed by atoms with Gasteiger partial charge in [-0.25, -0.2) is 0 Å². The van der Waals surface area contributed by atoms with Crippen molar-refractivity contribution in [3.05, 3.63) is 28.8 Å². The lowest BCUT2D eigenvalue weighted by atomic mass is 9.85. The standard InChI is InChI=1S/C17H22ClN3O2/c18-15-7-6-13(9-14(15)17(23)20-12-4-5-12)21-16(22)10-2-1-3-11(19)8-10/h6-7,9-12H,1-5,8,19H2,(H,20,23)(H,21,22). The van der Waals surface area contributed by atoms with Gasteiger partial charge in [0, 0.05) is 23.7 Å². The number of carbonyl (C=O) groups excluding carboxylic acids is 2. The van der Waals surface area contributed by atoms with Crippen molar-refractivity contribution in [1.29, 1.82) is 0 Å². The van der Waals surface area contributed by atoms with Gasteiger partial charge in [0.1, 0.15) is 0 Å². The van der Waals surface area contributed by atoms with Crippen molar-refractivity contribution >= 4 is 29.1 Å². The largest absolute Gasteiger partial charge is 0.349 e. The Bertz CT molecular complexity index is 616. The Morgan fingerprint density at radius 3 is 2.65 bits per heavy atom. The molecule has 3 rings (SSSR count). The molecule has 4 N–H and O–H groups in total. The highest BCUT2D eigenvalue weighted by Crippen LogP contribution is 2.27. The number of benzene rings is 1. The smallest absolute Gasteiger partial charge is 0.253 e. The highest BCUT2D eigenvalue weighted by atomic mass is 35.5. The fraction of sp³-hybridized carbons (Fsp3) is 0.529. The topological polar surface area (TPSA) is 84.2 Å². The van der Waals surface area contributed by atoms with Crippen LogP contribution < -0.4 is 16.4 Å². The molecule has 2 saturated carbocycles. The summed E-state index contributed by atoms with van der Waals surface area (Å²) in [6, 6.07) is 5.37. The molecule has 1 aromatic rings. The van der Waals surface area contributed by atoms with E-state index >= 15 is 0 Å². The lowest BCUT2D eigenvalue weighted by molar-refractivity contribution is -0.120. The number of hydrogen-bond acceptors (Lipinski definition) is 3. The lowest BCUT2D eigenvalue weighted by Gasteiger charge is -2.25. The molecule has 6 heteroatoms. The molecule has 0 saturated heterocycles. The summed E-state index contributed by atoms with van der Waals surface area (Å²) in [7, 11) is 0. The first-order valence-corrected chi connectivity index (χ1v) is 8.57. The summed E-state index contributed by atoms with van der Waals surface area (Å²) >= 11 is 6.11. The van der Waals surface area contributed by atoms with Gasteiger partial charge in [0.25, 0.3) is 5.91 Å². The third kappa shape index (κ3) is 4.24. The van der Waals surface area contributed by atoms with E-state index in [1.54, 1.807) is 18.2 Å². The first kappa shape index (κ1) is 16.3. The molecule has 1 aromatic carbocycles. The minimum absolute atomic E-state index is 0.0315. The van der Waals surface area contributed by atoms with Gasteiger partial charge in [0.2, 0.25) is 5.91 Å². The molecule has 0 spiro atoms. The second-order valence-electron chi connectivity index (χ2n) is 6.56. The maximum atomic E-state index is 12.4. The molecular weight excluding hydrogens is 314 g/mol. The van der Waals surface area contributed by atoms with E-state index in [9.17, 15) is 9.59 Å². The molecule has 5 nitrogen and oxygen atoms in total. The van der Waals surface area contributed by atoms with Gasteiger partial charge in [-0.2, -0.15) is 0 Å². The lowest BCUT2D eigenvalue weighted by Crippen LogP contribution is -2.34. The third-order valence-electron chi connectivity index (χ3n) is 4.48. The molecule has 0 aromatic heterocycles.